The molecule has 3 fully saturated rings. The zero-order valence-electron chi connectivity index (χ0n) is 18.1. The number of nitrogens with zero attached hydrogens (tertiary/aromatic N) is 3. The van der Waals surface area contributed by atoms with E-state index >= 15 is 0 Å². The summed E-state index contributed by atoms with van der Waals surface area (Å²) < 4.78 is 5.83. The lowest BCUT2D eigenvalue weighted by Crippen LogP contribution is -2.50. The molecule has 0 aromatic heterocycles. The molecule has 1 aromatic carbocycles. The van der Waals surface area contributed by atoms with Gasteiger partial charge in [-0.1, -0.05) is 12.1 Å². The van der Waals surface area contributed by atoms with Crippen molar-refractivity contribution < 1.29 is 14.3 Å². The molecule has 1 aromatic rings. The Hall–Kier alpha value is -2.18. The van der Waals surface area contributed by atoms with Crippen LogP contribution in [0.4, 0.5) is 5.69 Å². The Bertz CT molecular complexity index is 781. The first-order valence-electron chi connectivity index (χ1n) is 11.3. The first-order valence-corrected chi connectivity index (χ1v) is 11.3. The van der Waals surface area contributed by atoms with Gasteiger partial charge in [-0.25, -0.2) is 0 Å². The maximum atomic E-state index is 12.9. The minimum atomic E-state index is 0.0886. The fourth-order valence-corrected chi connectivity index (χ4v) is 5.00. The predicted molar refractivity (Wildman–Crippen MR) is 118 cm³/mol. The molecule has 0 aliphatic carbocycles. The van der Waals surface area contributed by atoms with E-state index in [-0.39, 0.29) is 30.1 Å². The monoisotopic (exact) mass is 411 g/mol. The Balaban J connectivity index is 1.34. The Morgan fingerprint density at radius 2 is 1.83 bits per heavy atom. The highest BCUT2D eigenvalue weighted by molar-refractivity contribution is 5.95. The van der Waals surface area contributed by atoms with Gasteiger partial charge in [0.15, 0.2) is 0 Å². The second-order valence-corrected chi connectivity index (χ2v) is 8.88. The molecule has 3 unspecified atom stereocenters. The second kappa shape index (κ2) is 9.31. The van der Waals surface area contributed by atoms with Crippen LogP contribution in [0.3, 0.4) is 0 Å². The molecule has 3 aliphatic rings. The van der Waals surface area contributed by atoms with Crippen molar-refractivity contribution in [2.24, 2.45) is 0 Å². The number of hydrogen-bond acceptors (Lipinski definition) is 4. The van der Waals surface area contributed by atoms with Crippen molar-refractivity contribution in [3.05, 3.63) is 35.9 Å². The summed E-state index contributed by atoms with van der Waals surface area (Å²) in [4.78, 5) is 31.0. The van der Waals surface area contributed by atoms with Crippen LogP contribution in [0.2, 0.25) is 0 Å². The fraction of sp³-hybridized carbons (Fsp3) is 0.583. The fourth-order valence-electron chi connectivity index (χ4n) is 5.00. The van der Waals surface area contributed by atoms with Crippen molar-refractivity contribution in [1.29, 1.82) is 0 Å². The van der Waals surface area contributed by atoms with Gasteiger partial charge >= 0.3 is 0 Å². The van der Waals surface area contributed by atoms with Gasteiger partial charge in [0.05, 0.1) is 12.2 Å². The van der Waals surface area contributed by atoms with Crippen LogP contribution in [0.1, 0.15) is 45.1 Å². The molecule has 2 amide bonds. The zero-order valence-corrected chi connectivity index (χ0v) is 18.1. The van der Waals surface area contributed by atoms with E-state index in [1.807, 2.05) is 40.1 Å². The van der Waals surface area contributed by atoms with Crippen molar-refractivity contribution in [2.45, 2.75) is 57.8 Å². The van der Waals surface area contributed by atoms with Crippen LogP contribution in [-0.4, -0.2) is 72.6 Å². The van der Waals surface area contributed by atoms with Gasteiger partial charge in [-0.05, 0) is 56.9 Å². The van der Waals surface area contributed by atoms with Crippen LogP contribution in [0.15, 0.2) is 30.3 Å². The minimum absolute atomic E-state index is 0.0886. The number of carbonyl (C=O) groups excluding carboxylic acids is 2. The van der Waals surface area contributed by atoms with Gasteiger partial charge in [-0.2, -0.15) is 0 Å². The lowest BCUT2D eigenvalue weighted by molar-refractivity contribution is -0.127. The van der Waals surface area contributed by atoms with E-state index in [2.05, 4.69) is 18.7 Å². The maximum absolute atomic E-state index is 12.9. The van der Waals surface area contributed by atoms with E-state index in [0.29, 0.717) is 6.42 Å². The van der Waals surface area contributed by atoms with E-state index in [4.69, 9.17) is 4.74 Å². The molecular weight excluding hydrogens is 378 g/mol. The highest BCUT2D eigenvalue weighted by atomic mass is 16.5. The van der Waals surface area contributed by atoms with Crippen molar-refractivity contribution in [3.63, 3.8) is 0 Å². The highest BCUT2D eigenvalue weighted by Gasteiger charge is 2.31. The summed E-state index contributed by atoms with van der Waals surface area (Å²) in [6.07, 6.45) is 7.77. The van der Waals surface area contributed by atoms with Crippen LogP contribution in [0.5, 0.6) is 0 Å². The molecule has 3 heterocycles. The Morgan fingerprint density at radius 3 is 2.50 bits per heavy atom. The Labute approximate surface area is 179 Å². The van der Waals surface area contributed by atoms with Crippen molar-refractivity contribution in [3.8, 4) is 0 Å². The van der Waals surface area contributed by atoms with Gasteiger partial charge in [-0.3, -0.25) is 14.5 Å². The Morgan fingerprint density at radius 1 is 1.10 bits per heavy atom. The molecule has 6 heteroatoms. The number of likely N-dealkylation sites (tertiary alicyclic amines) is 1. The van der Waals surface area contributed by atoms with E-state index in [1.165, 1.54) is 0 Å². The summed E-state index contributed by atoms with van der Waals surface area (Å²) in [6.45, 7) is 8.66. The van der Waals surface area contributed by atoms with E-state index in [9.17, 15) is 9.59 Å². The van der Waals surface area contributed by atoms with Crippen LogP contribution in [0.25, 0.3) is 6.08 Å². The molecule has 0 spiro atoms. The van der Waals surface area contributed by atoms with E-state index in [1.54, 1.807) is 6.08 Å². The third kappa shape index (κ3) is 4.93. The highest BCUT2D eigenvalue weighted by Crippen LogP contribution is 2.23. The average molecular weight is 412 g/mol. The first-order chi connectivity index (χ1) is 14.5. The molecule has 4 rings (SSSR count). The summed E-state index contributed by atoms with van der Waals surface area (Å²) >= 11 is 0. The SMILES string of the molecule is CC1CN(CC2CCCN2C(=O)C=Cc2ccc(N3CCCC3=O)cc2)CC(C)O1. The maximum Gasteiger partial charge on any atom is 0.246 e. The molecular formula is C24H33N3O3. The summed E-state index contributed by atoms with van der Waals surface area (Å²) in [5.74, 6) is 0.281. The van der Waals surface area contributed by atoms with Crippen LogP contribution >= 0.6 is 0 Å². The molecule has 0 bridgehead atoms. The van der Waals surface area contributed by atoms with Gasteiger partial charge in [0.2, 0.25) is 11.8 Å². The van der Waals surface area contributed by atoms with E-state index in [0.717, 1.165) is 63.2 Å². The standard InChI is InChI=1S/C24H33N3O3/c1-18-15-25(16-19(2)30-18)17-22-5-3-13-27(22)24(29)12-9-20-7-10-21(11-8-20)26-14-4-6-23(26)28/h7-12,18-19,22H,3-6,13-17H2,1-2H3. The third-order valence-electron chi connectivity index (χ3n) is 6.32. The average Bonchev–Trinajstić information content (AvgIpc) is 3.35. The molecule has 0 N–H and O–H groups in total. The van der Waals surface area contributed by atoms with Crippen molar-refractivity contribution in [1.82, 2.24) is 9.80 Å². The smallest absolute Gasteiger partial charge is 0.246 e. The normalized spacial score (nSPS) is 28.1. The number of morpholine rings is 1. The summed E-state index contributed by atoms with van der Waals surface area (Å²) in [5, 5.41) is 0. The third-order valence-corrected chi connectivity index (χ3v) is 6.32. The summed E-state index contributed by atoms with van der Waals surface area (Å²) in [6, 6.07) is 8.16. The topological polar surface area (TPSA) is 53.1 Å². The molecule has 162 valence electrons. The van der Waals surface area contributed by atoms with Gasteiger partial charge in [-0.15, -0.1) is 0 Å². The number of amides is 2. The van der Waals surface area contributed by atoms with Crippen LogP contribution < -0.4 is 4.90 Å². The van der Waals surface area contributed by atoms with Gasteiger partial charge in [0, 0.05) is 56.9 Å². The van der Waals surface area contributed by atoms with Crippen molar-refractivity contribution in [2.75, 3.05) is 37.6 Å². The minimum Gasteiger partial charge on any atom is -0.373 e. The predicted octanol–water partition coefficient (Wildman–Crippen LogP) is 2.93. The summed E-state index contributed by atoms with van der Waals surface area (Å²) in [5.41, 5.74) is 1.92. The number of anilines is 1. The quantitative estimate of drug-likeness (QED) is 0.699. The molecule has 30 heavy (non-hydrogen) atoms. The number of hydrogen-bond donors (Lipinski definition) is 0. The van der Waals surface area contributed by atoms with Crippen LogP contribution in [-0.2, 0) is 14.3 Å². The van der Waals surface area contributed by atoms with Crippen LogP contribution in [0, 0.1) is 0 Å². The number of rotatable bonds is 5. The van der Waals surface area contributed by atoms with Gasteiger partial charge in [0.25, 0.3) is 0 Å². The molecule has 3 aliphatic heterocycles. The molecule has 3 atom stereocenters. The Kier molecular flexibility index (Phi) is 6.54. The molecule has 6 nitrogen and oxygen atoms in total. The molecule has 0 saturated carbocycles. The number of ether oxygens (including phenoxy) is 1. The first kappa shape index (κ1) is 21.1. The van der Waals surface area contributed by atoms with Gasteiger partial charge < -0.3 is 14.5 Å². The second-order valence-electron chi connectivity index (χ2n) is 8.88. The van der Waals surface area contributed by atoms with Crippen molar-refractivity contribution >= 4 is 23.6 Å². The lowest BCUT2D eigenvalue weighted by Gasteiger charge is -2.38. The summed E-state index contributed by atoms with van der Waals surface area (Å²) in [7, 11) is 0. The largest absolute Gasteiger partial charge is 0.373 e. The lowest BCUT2D eigenvalue weighted by atomic mass is 10.1. The van der Waals surface area contributed by atoms with Gasteiger partial charge in [0.1, 0.15) is 0 Å². The molecule has 0 radical (unpaired) electrons. The molecule has 3 saturated heterocycles. The zero-order chi connectivity index (χ0) is 21.1. The number of benzene rings is 1. The number of carbonyl (C=O) groups is 2. The van der Waals surface area contributed by atoms with E-state index < -0.39 is 0 Å².